The number of aromatic amines is 2. The number of carbonyl (C=O) groups excluding carboxylic acids is 1. The van der Waals surface area contributed by atoms with E-state index in [1.54, 1.807) is 0 Å². The first kappa shape index (κ1) is 33.9. The molecule has 1 amide bonds. The number of nitrogens with zero attached hydrogens (tertiary/aromatic N) is 3. The number of likely N-dealkylation sites (tertiary alicyclic amines) is 1. The summed E-state index contributed by atoms with van der Waals surface area (Å²) < 4.78 is 2.77. The Morgan fingerprint density at radius 3 is 2.48 bits per heavy atom. The zero-order valence-electron chi connectivity index (χ0n) is 26.2. The number of amides is 1. The van der Waals surface area contributed by atoms with E-state index in [0.717, 1.165) is 70.6 Å². The van der Waals surface area contributed by atoms with E-state index in [1.807, 2.05) is 71.6 Å². The van der Waals surface area contributed by atoms with Crippen LogP contribution in [0.15, 0.2) is 59.5 Å². The third-order valence-electron chi connectivity index (χ3n) is 8.73. The van der Waals surface area contributed by atoms with E-state index in [2.05, 4.69) is 47.8 Å². The minimum atomic E-state index is -1.01. The molecule has 1 fully saturated rings. The number of fused-ring (bicyclic) bond motifs is 2. The fourth-order valence-corrected chi connectivity index (χ4v) is 6.28. The van der Waals surface area contributed by atoms with Crippen LogP contribution in [0, 0.1) is 6.54 Å². The summed E-state index contributed by atoms with van der Waals surface area (Å²) in [6.45, 7) is 6.15. The maximum atomic E-state index is 13.6. The molecule has 0 spiro atoms. The normalized spacial score (nSPS) is 16.9. The maximum Gasteiger partial charge on any atom is 0.326 e. The Labute approximate surface area is 270 Å². The number of quaternary nitrogens is 1. The number of aromatic nitrogens is 3. The van der Waals surface area contributed by atoms with E-state index in [1.165, 1.54) is 0 Å². The Morgan fingerprint density at radius 1 is 1.07 bits per heavy atom. The number of piperidine rings is 1. The standard InChI is InChI=1S/C33H47N7O3.Co/c1-23(26-22-35-27-13-7-6-12-25(26)27)30(31(41)34-18-10-5-11-21-40(2,3)4)37-32(42)38-19-16-24(17-20-38)39-29-15-9-8-14-28(29)36-33(39)43;/h6-9,12-15,18,22-24,30,32,35,37,42H,5,10-11,16-17,19-21H2,1-4H3,(H,34,41)(H,36,43);/t23-,30+,32?;/m0./s1. The second-order valence-corrected chi connectivity index (χ2v) is 12.9. The molecule has 5 rings (SSSR count). The van der Waals surface area contributed by atoms with Gasteiger partial charge in [0.05, 0.1) is 44.8 Å². The zero-order valence-corrected chi connectivity index (χ0v) is 27.2. The number of imidazole rings is 1. The number of aliphatic hydroxyl groups excluding tert-OH is 1. The van der Waals surface area contributed by atoms with E-state index in [0.29, 0.717) is 13.1 Å². The molecular formula is C33H47CoN7O3. The van der Waals surface area contributed by atoms with Gasteiger partial charge in [-0.15, -0.1) is 0 Å². The fraction of sp³-hybridized carbons (Fsp3) is 0.485. The smallest absolute Gasteiger partial charge is 0.326 e. The van der Waals surface area contributed by atoms with E-state index >= 15 is 0 Å². The Kier molecular flexibility index (Phi) is 11.5. The number of carbonyl (C=O) groups is 1. The molecule has 3 heterocycles. The van der Waals surface area contributed by atoms with Gasteiger partial charge < -0.3 is 24.9 Å². The summed E-state index contributed by atoms with van der Waals surface area (Å²) in [4.78, 5) is 34.6. The van der Waals surface area contributed by atoms with E-state index in [9.17, 15) is 14.7 Å². The first-order chi connectivity index (χ1) is 20.6. The predicted molar refractivity (Wildman–Crippen MR) is 171 cm³/mol. The van der Waals surface area contributed by atoms with Crippen molar-refractivity contribution < 1.29 is 31.2 Å². The molecule has 2 aromatic carbocycles. The molecule has 5 N–H and O–H groups in total. The minimum absolute atomic E-state index is 0. The van der Waals surface area contributed by atoms with Crippen molar-refractivity contribution in [2.45, 2.75) is 63.4 Å². The number of benzene rings is 2. The van der Waals surface area contributed by atoms with Gasteiger partial charge in [-0.3, -0.25) is 19.6 Å². The zero-order chi connectivity index (χ0) is 30.6. The molecule has 4 aromatic rings. The van der Waals surface area contributed by atoms with Crippen LogP contribution in [0.25, 0.3) is 21.9 Å². The maximum absolute atomic E-state index is 13.6. The molecule has 1 saturated heterocycles. The molecule has 0 bridgehead atoms. The summed E-state index contributed by atoms with van der Waals surface area (Å²) >= 11 is 0. The van der Waals surface area contributed by atoms with Crippen molar-refractivity contribution in [3.05, 3.63) is 77.3 Å². The SMILES string of the molecule is C[C@@H](c1c[nH]c2ccccc12)[C@@H](NC(O)N1CCC(n2c(=O)[nH]c3ccccc32)CC1)C(=O)N[CH-]CCCC[N+](C)(C)C.[Co]. The molecule has 2 aromatic heterocycles. The Balaban J connectivity index is 0.00000442. The van der Waals surface area contributed by atoms with Crippen molar-refractivity contribution in [3.63, 3.8) is 0 Å². The van der Waals surface area contributed by atoms with Crippen LogP contribution >= 0.6 is 0 Å². The van der Waals surface area contributed by atoms with Crippen LogP contribution in [0.2, 0.25) is 0 Å². The van der Waals surface area contributed by atoms with Crippen LogP contribution in [0.3, 0.4) is 0 Å². The third-order valence-corrected chi connectivity index (χ3v) is 8.73. The largest absolute Gasteiger partial charge is 0.504 e. The van der Waals surface area contributed by atoms with Crippen molar-refractivity contribution in [1.82, 2.24) is 30.1 Å². The number of aliphatic hydroxyl groups is 1. The number of unbranched alkanes of at least 4 members (excludes halogenated alkanes) is 2. The molecular weight excluding hydrogens is 601 g/mol. The number of hydrogen-bond acceptors (Lipinski definition) is 5. The van der Waals surface area contributed by atoms with E-state index in [-0.39, 0.29) is 40.3 Å². The molecule has 10 nitrogen and oxygen atoms in total. The number of para-hydroxylation sites is 3. The molecule has 44 heavy (non-hydrogen) atoms. The number of nitrogens with one attached hydrogen (secondary N) is 4. The summed E-state index contributed by atoms with van der Waals surface area (Å²) in [6.07, 6.45) is 5.28. The van der Waals surface area contributed by atoms with Gasteiger partial charge in [0.15, 0.2) is 6.35 Å². The molecule has 1 aliphatic rings. The second-order valence-electron chi connectivity index (χ2n) is 12.9. The van der Waals surface area contributed by atoms with E-state index < -0.39 is 12.4 Å². The topological polar surface area (TPSA) is 118 Å². The minimum Gasteiger partial charge on any atom is -0.504 e. The third kappa shape index (κ3) is 8.01. The van der Waals surface area contributed by atoms with Gasteiger partial charge in [-0.1, -0.05) is 43.7 Å². The van der Waals surface area contributed by atoms with Crippen LogP contribution in [-0.2, 0) is 21.6 Å². The summed E-state index contributed by atoms with van der Waals surface area (Å²) in [5, 5.41) is 18.7. The number of H-pyrrole nitrogens is 2. The van der Waals surface area contributed by atoms with Crippen LogP contribution in [-0.4, -0.2) is 88.1 Å². The monoisotopic (exact) mass is 648 g/mol. The average Bonchev–Trinajstić information content (AvgIpc) is 3.57. The van der Waals surface area contributed by atoms with Gasteiger partial charge >= 0.3 is 5.69 Å². The predicted octanol–water partition coefficient (Wildman–Crippen LogP) is 3.64. The van der Waals surface area contributed by atoms with Gasteiger partial charge in [0.25, 0.3) is 0 Å². The molecule has 1 aliphatic heterocycles. The first-order valence-electron chi connectivity index (χ1n) is 15.5. The van der Waals surface area contributed by atoms with Crippen molar-refractivity contribution in [1.29, 1.82) is 0 Å². The van der Waals surface area contributed by atoms with Crippen LogP contribution < -0.4 is 16.3 Å². The quantitative estimate of drug-likeness (QED) is 0.0657. The Bertz CT molecular complexity index is 1560. The van der Waals surface area contributed by atoms with Crippen molar-refractivity contribution >= 4 is 27.8 Å². The number of hydrogen-bond donors (Lipinski definition) is 5. The summed E-state index contributed by atoms with van der Waals surface area (Å²) in [5.74, 6) is -0.372. The molecule has 0 aliphatic carbocycles. The van der Waals surface area contributed by atoms with Crippen LogP contribution in [0.5, 0.6) is 0 Å². The van der Waals surface area contributed by atoms with Gasteiger partial charge in [-0.05, 0) is 43.0 Å². The van der Waals surface area contributed by atoms with Gasteiger partial charge in [0.1, 0.15) is 0 Å². The van der Waals surface area contributed by atoms with Gasteiger partial charge in [-0.25, -0.2) is 11.3 Å². The molecule has 1 unspecified atom stereocenters. The van der Waals surface area contributed by atoms with Crippen molar-refractivity contribution in [2.24, 2.45) is 0 Å². The van der Waals surface area contributed by atoms with E-state index in [4.69, 9.17) is 0 Å². The Hall–Kier alpha value is -2.93. The van der Waals surface area contributed by atoms with Gasteiger partial charge in [-0.2, -0.15) is 6.42 Å². The summed E-state index contributed by atoms with van der Waals surface area (Å²) in [7, 11) is 6.55. The molecule has 11 heteroatoms. The van der Waals surface area contributed by atoms with Crippen LogP contribution in [0.4, 0.5) is 0 Å². The van der Waals surface area contributed by atoms with Gasteiger partial charge in [0.2, 0.25) is 5.91 Å². The number of rotatable bonds is 13. The first-order valence-corrected chi connectivity index (χ1v) is 15.5. The van der Waals surface area contributed by atoms with Crippen LogP contribution in [0.1, 0.15) is 56.6 Å². The average molecular weight is 649 g/mol. The summed E-state index contributed by atoms with van der Waals surface area (Å²) in [5.41, 5.74) is 3.68. The molecule has 3 atom stereocenters. The molecule has 0 saturated carbocycles. The van der Waals surface area contributed by atoms with Crippen molar-refractivity contribution in [3.8, 4) is 0 Å². The fourth-order valence-electron chi connectivity index (χ4n) is 6.28. The van der Waals surface area contributed by atoms with Gasteiger partial charge in [0, 0.05) is 58.9 Å². The van der Waals surface area contributed by atoms with Crippen molar-refractivity contribution in [2.75, 3.05) is 40.8 Å². The second kappa shape index (κ2) is 14.9. The molecule has 1 radical (unpaired) electrons. The summed E-state index contributed by atoms with van der Waals surface area (Å²) in [6, 6.07) is 15.2. The molecule has 241 valence electrons. The Morgan fingerprint density at radius 2 is 1.75 bits per heavy atom.